The number of aromatic amines is 1. The molecule has 1 amide bonds. The maximum absolute atomic E-state index is 12.0. The molecule has 21 heavy (non-hydrogen) atoms. The molecule has 0 aliphatic rings. The third-order valence-electron chi connectivity index (χ3n) is 2.77. The Balaban J connectivity index is 1.88. The zero-order valence-electron chi connectivity index (χ0n) is 11.4. The quantitative estimate of drug-likeness (QED) is 0.910. The van der Waals surface area contributed by atoms with Gasteiger partial charge >= 0.3 is 0 Å². The van der Waals surface area contributed by atoms with Gasteiger partial charge in [0.2, 0.25) is 0 Å². The number of carbonyl (C=O) groups is 1. The summed E-state index contributed by atoms with van der Waals surface area (Å²) in [6.45, 7) is 0.667. The molecular weight excluding hydrogens is 294 g/mol. The van der Waals surface area contributed by atoms with E-state index in [1.165, 1.54) is 17.0 Å². The average molecular weight is 308 g/mol. The number of halogens is 1. The van der Waals surface area contributed by atoms with Gasteiger partial charge < -0.3 is 9.64 Å². The summed E-state index contributed by atoms with van der Waals surface area (Å²) in [5, 5.41) is 6.43. The number of nitrogens with zero attached hydrogens (tertiary/aromatic N) is 2. The number of nitrogens with one attached hydrogen (secondary N) is 1. The average Bonchev–Trinajstić information content (AvgIpc) is 2.49. The molecule has 2 rings (SSSR count). The van der Waals surface area contributed by atoms with Crippen molar-refractivity contribution in [1.82, 2.24) is 15.1 Å². The fourth-order valence-corrected chi connectivity index (χ4v) is 1.81. The number of H-pyrrole nitrogens is 1. The van der Waals surface area contributed by atoms with Crippen molar-refractivity contribution in [2.45, 2.75) is 0 Å². The maximum Gasteiger partial charge on any atom is 0.274 e. The van der Waals surface area contributed by atoms with Crippen molar-refractivity contribution < 1.29 is 9.53 Å². The fourth-order valence-electron chi connectivity index (χ4n) is 1.62. The van der Waals surface area contributed by atoms with Crippen molar-refractivity contribution in [3.63, 3.8) is 0 Å². The van der Waals surface area contributed by atoms with Gasteiger partial charge in [0.1, 0.15) is 18.1 Å². The van der Waals surface area contributed by atoms with Crippen LogP contribution in [-0.4, -0.2) is 41.2 Å². The molecule has 1 aromatic carbocycles. The van der Waals surface area contributed by atoms with Gasteiger partial charge in [0.05, 0.1) is 11.6 Å². The smallest absolute Gasteiger partial charge is 0.274 e. The monoisotopic (exact) mass is 307 g/mol. The second kappa shape index (κ2) is 6.90. The first-order valence-corrected chi connectivity index (χ1v) is 6.64. The van der Waals surface area contributed by atoms with E-state index in [9.17, 15) is 9.59 Å². The van der Waals surface area contributed by atoms with Gasteiger partial charge in [-0.15, -0.1) is 0 Å². The molecular formula is C14H14ClN3O3. The second-order valence-corrected chi connectivity index (χ2v) is 4.72. The normalized spacial score (nSPS) is 10.2. The number of hydrogen-bond acceptors (Lipinski definition) is 4. The minimum absolute atomic E-state index is 0.176. The van der Waals surface area contributed by atoms with Crippen LogP contribution in [0.2, 0.25) is 5.02 Å². The molecule has 0 fully saturated rings. The molecule has 0 aliphatic carbocycles. The second-order valence-electron chi connectivity index (χ2n) is 4.31. The topological polar surface area (TPSA) is 75.3 Å². The predicted octanol–water partition coefficient (Wildman–Crippen LogP) is 1.57. The Hall–Kier alpha value is -2.34. The lowest BCUT2D eigenvalue weighted by atomic mass is 10.3. The first-order chi connectivity index (χ1) is 10.1. The number of amides is 1. The Bertz CT molecular complexity index is 667. The molecule has 7 heteroatoms. The van der Waals surface area contributed by atoms with Crippen LogP contribution in [0.25, 0.3) is 0 Å². The van der Waals surface area contributed by atoms with Gasteiger partial charge in [-0.25, -0.2) is 5.10 Å². The number of para-hydroxylation sites is 1. The minimum atomic E-state index is -0.351. The number of ether oxygens (including phenoxy) is 1. The molecule has 1 heterocycles. The number of carbonyl (C=O) groups excluding carboxylic acids is 1. The standard InChI is InChI=1S/C14H14ClN3O3/c1-18(14(20)11-6-7-13(19)17-16-11)8-9-21-12-5-3-2-4-10(12)15/h2-7H,8-9H2,1H3,(H,17,19). The number of benzene rings is 1. The van der Waals surface area contributed by atoms with Crippen LogP contribution in [0.15, 0.2) is 41.2 Å². The van der Waals surface area contributed by atoms with Gasteiger partial charge in [-0.2, -0.15) is 5.10 Å². The Labute approximate surface area is 126 Å². The van der Waals surface area contributed by atoms with Crippen LogP contribution in [0.5, 0.6) is 5.75 Å². The van der Waals surface area contributed by atoms with Crippen LogP contribution in [0.3, 0.4) is 0 Å². The van der Waals surface area contributed by atoms with E-state index in [0.29, 0.717) is 23.9 Å². The summed E-state index contributed by atoms with van der Waals surface area (Å²) in [6, 6.07) is 9.76. The van der Waals surface area contributed by atoms with Gasteiger partial charge in [0.15, 0.2) is 0 Å². The van der Waals surface area contributed by atoms with E-state index in [1.807, 2.05) is 12.1 Å². The minimum Gasteiger partial charge on any atom is -0.490 e. The van der Waals surface area contributed by atoms with Crippen LogP contribution in [0.4, 0.5) is 0 Å². The highest BCUT2D eigenvalue weighted by molar-refractivity contribution is 6.32. The Morgan fingerprint density at radius 1 is 1.33 bits per heavy atom. The third kappa shape index (κ3) is 4.06. The molecule has 0 radical (unpaired) electrons. The summed E-state index contributed by atoms with van der Waals surface area (Å²) in [6.07, 6.45) is 0. The molecule has 0 saturated carbocycles. The van der Waals surface area contributed by atoms with Gasteiger partial charge in [-0.1, -0.05) is 23.7 Å². The Morgan fingerprint density at radius 3 is 2.76 bits per heavy atom. The van der Waals surface area contributed by atoms with Crippen LogP contribution in [-0.2, 0) is 0 Å². The molecule has 0 spiro atoms. The molecule has 110 valence electrons. The van der Waals surface area contributed by atoms with E-state index in [1.54, 1.807) is 19.2 Å². The SMILES string of the molecule is CN(CCOc1ccccc1Cl)C(=O)c1ccc(=O)[nH]n1. The molecule has 1 aromatic heterocycles. The molecule has 0 unspecified atom stereocenters. The third-order valence-corrected chi connectivity index (χ3v) is 3.08. The molecule has 1 N–H and O–H groups in total. The summed E-state index contributed by atoms with van der Waals surface area (Å²) in [7, 11) is 1.63. The van der Waals surface area contributed by atoms with Crippen molar-refractivity contribution in [1.29, 1.82) is 0 Å². The van der Waals surface area contributed by atoms with Crippen molar-refractivity contribution in [3.8, 4) is 5.75 Å². The van der Waals surface area contributed by atoms with Crippen LogP contribution in [0.1, 0.15) is 10.5 Å². The maximum atomic E-state index is 12.0. The van der Waals surface area contributed by atoms with Crippen molar-refractivity contribution >= 4 is 17.5 Å². The van der Waals surface area contributed by atoms with Crippen molar-refractivity contribution in [2.24, 2.45) is 0 Å². The molecule has 0 bridgehead atoms. The number of rotatable bonds is 5. The van der Waals surface area contributed by atoms with E-state index >= 15 is 0 Å². The Morgan fingerprint density at radius 2 is 2.10 bits per heavy atom. The summed E-state index contributed by atoms with van der Waals surface area (Å²) < 4.78 is 5.51. The lowest BCUT2D eigenvalue weighted by molar-refractivity contribution is 0.0767. The number of aromatic nitrogens is 2. The molecule has 0 saturated heterocycles. The number of likely N-dealkylation sites (N-methyl/N-ethyl adjacent to an activating group) is 1. The molecule has 6 nitrogen and oxygen atoms in total. The lowest BCUT2D eigenvalue weighted by Crippen LogP contribution is -2.32. The largest absolute Gasteiger partial charge is 0.490 e. The summed E-state index contributed by atoms with van der Waals surface area (Å²) in [5.41, 5.74) is -0.175. The van der Waals surface area contributed by atoms with Crippen LogP contribution in [0, 0.1) is 0 Å². The summed E-state index contributed by atoms with van der Waals surface area (Å²) in [5.74, 6) is 0.274. The van der Waals surface area contributed by atoms with Crippen molar-refractivity contribution in [3.05, 3.63) is 57.5 Å². The van der Waals surface area contributed by atoms with Crippen LogP contribution < -0.4 is 10.3 Å². The molecule has 2 aromatic rings. The van der Waals surface area contributed by atoms with E-state index in [0.717, 1.165) is 0 Å². The Kier molecular flexibility index (Phi) is 4.94. The van der Waals surface area contributed by atoms with E-state index in [4.69, 9.17) is 16.3 Å². The van der Waals surface area contributed by atoms with E-state index < -0.39 is 0 Å². The fraction of sp³-hybridized carbons (Fsp3) is 0.214. The van der Waals surface area contributed by atoms with Gasteiger partial charge in [0, 0.05) is 13.1 Å². The first-order valence-electron chi connectivity index (χ1n) is 6.26. The van der Waals surface area contributed by atoms with Gasteiger partial charge in [0.25, 0.3) is 11.5 Å². The van der Waals surface area contributed by atoms with E-state index in [-0.39, 0.29) is 17.2 Å². The zero-order valence-corrected chi connectivity index (χ0v) is 12.1. The van der Waals surface area contributed by atoms with E-state index in [2.05, 4.69) is 10.2 Å². The summed E-state index contributed by atoms with van der Waals surface area (Å²) in [4.78, 5) is 24.4. The van der Waals surface area contributed by atoms with Crippen LogP contribution >= 0.6 is 11.6 Å². The van der Waals surface area contributed by atoms with Crippen molar-refractivity contribution in [2.75, 3.05) is 20.2 Å². The lowest BCUT2D eigenvalue weighted by Gasteiger charge is -2.17. The molecule has 0 aliphatic heterocycles. The highest BCUT2D eigenvalue weighted by atomic mass is 35.5. The first kappa shape index (κ1) is 15.1. The summed E-state index contributed by atoms with van der Waals surface area (Å²) >= 11 is 5.96. The zero-order chi connectivity index (χ0) is 15.2. The highest BCUT2D eigenvalue weighted by Gasteiger charge is 2.13. The number of hydrogen-bond donors (Lipinski definition) is 1. The molecule has 0 atom stereocenters. The predicted molar refractivity (Wildman–Crippen MR) is 78.8 cm³/mol. The highest BCUT2D eigenvalue weighted by Crippen LogP contribution is 2.22. The van der Waals surface area contributed by atoms with Gasteiger partial charge in [-0.05, 0) is 18.2 Å². The van der Waals surface area contributed by atoms with Gasteiger partial charge in [-0.3, -0.25) is 9.59 Å².